The summed E-state index contributed by atoms with van der Waals surface area (Å²) in [7, 11) is 1.29. The number of rotatable bonds is 6. The SMILES string of the molecule is COC(=O)CSC(Cc1ccccc1)C(=O)O. The molecule has 1 N–H and O–H groups in total. The monoisotopic (exact) mass is 254 g/mol. The largest absolute Gasteiger partial charge is 0.480 e. The van der Waals surface area contributed by atoms with Crippen LogP contribution in [0, 0.1) is 0 Å². The van der Waals surface area contributed by atoms with Gasteiger partial charge in [-0.2, -0.15) is 0 Å². The summed E-state index contributed by atoms with van der Waals surface area (Å²) in [6.45, 7) is 0. The number of methoxy groups -OCH3 is 1. The van der Waals surface area contributed by atoms with Crippen LogP contribution in [0.1, 0.15) is 5.56 Å². The van der Waals surface area contributed by atoms with Gasteiger partial charge in [0, 0.05) is 0 Å². The lowest BCUT2D eigenvalue weighted by atomic mass is 10.1. The van der Waals surface area contributed by atoms with Crippen LogP contribution in [0.15, 0.2) is 30.3 Å². The Morgan fingerprint density at radius 1 is 1.35 bits per heavy atom. The molecular weight excluding hydrogens is 240 g/mol. The number of esters is 1. The maximum Gasteiger partial charge on any atom is 0.316 e. The molecule has 0 saturated carbocycles. The Morgan fingerprint density at radius 2 is 2.00 bits per heavy atom. The van der Waals surface area contributed by atoms with Crippen LogP contribution in [0.3, 0.4) is 0 Å². The summed E-state index contributed by atoms with van der Waals surface area (Å²) in [5.41, 5.74) is 0.942. The smallest absolute Gasteiger partial charge is 0.316 e. The van der Waals surface area contributed by atoms with Gasteiger partial charge < -0.3 is 9.84 Å². The summed E-state index contributed by atoms with van der Waals surface area (Å²) >= 11 is 1.08. The molecule has 1 aromatic carbocycles. The van der Waals surface area contributed by atoms with Crippen molar-refractivity contribution in [2.75, 3.05) is 12.9 Å². The minimum atomic E-state index is -0.914. The lowest BCUT2D eigenvalue weighted by molar-refractivity contribution is -0.137. The number of carboxylic acid groups (broad SMARTS) is 1. The maximum absolute atomic E-state index is 11.0. The third kappa shape index (κ3) is 4.91. The van der Waals surface area contributed by atoms with Crippen LogP contribution in [-0.2, 0) is 20.7 Å². The summed E-state index contributed by atoms with van der Waals surface area (Å²) in [4.78, 5) is 22.0. The lowest BCUT2D eigenvalue weighted by Crippen LogP contribution is -2.21. The standard InChI is InChI=1S/C12H14O4S/c1-16-11(13)8-17-10(12(14)15)7-9-5-3-2-4-6-9/h2-6,10H,7-8H2,1H3,(H,14,15). The maximum atomic E-state index is 11.0. The van der Waals surface area contributed by atoms with Crippen molar-refractivity contribution in [3.8, 4) is 0 Å². The van der Waals surface area contributed by atoms with E-state index in [2.05, 4.69) is 4.74 Å². The Hall–Kier alpha value is -1.49. The van der Waals surface area contributed by atoms with Gasteiger partial charge in [0.25, 0.3) is 0 Å². The molecule has 0 saturated heterocycles. The number of hydrogen-bond acceptors (Lipinski definition) is 4. The molecule has 0 radical (unpaired) electrons. The van der Waals surface area contributed by atoms with Crippen LogP contribution in [0.2, 0.25) is 0 Å². The first-order valence-electron chi connectivity index (χ1n) is 5.08. The number of hydrogen-bond donors (Lipinski definition) is 1. The van der Waals surface area contributed by atoms with Gasteiger partial charge in [0.2, 0.25) is 0 Å². The summed E-state index contributed by atoms with van der Waals surface area (Å²) < 4.78 is 4.48. The fourth-order valence-electron chi connectivity index (χ4n) is 1.27. The highest BCUT2D eigenvalue weighted by Gasteiger charge is 2.19. The zero-order valence-corrected chi connectivity index (χ0v) is 10.3. The van der Waals surface area contributed by atoms with Crippen LogP contribution in [0.5, 0.6) is 0 Å². The number of ether oxygens (including phenoxy) is 1. The van der Waals surface area contributed by atoms with Crippen molar-refractivity contribution in [2.24, 2.45) is 0 Å². The zero-order chi connectivity index (χ0) is 12.7. The van der Waals surface area contributed by atoms with Crippen LogP contribution in [-0.4, -0.2) is 35.2 Å². The predicted molar refractivity (Wildman–Crippen MR) is 66.0 cm³/mol. The molecule has 0 aliphatic carbocycles. The molecule has 0 aromatic heterocycles. The summed E-state index contributed by atoms with van der Waals surface area (Å²) in [6.07, 6.45) is 0.401. The number of carboxylic acids is 1. The van der Waals surface area contributed by atoms with Crippen LogP contribution in [0.25, 0.3) is 0 Å². The molecule has 0 aliphatic rings. The normalized spacial score (nSPS) is 11.8. The van der Waals surface area contributed by atoms with Gasteiger partial charge in [-0.25, -0.2) is 0 Å². The van der Waals surface area contributed by atoms with Gasteiger partial charge >= 0.3 is 11.9 Å². The number of carbonyl (C=O) groups excluding carboxylic acids is 1. The first-order chi connectivity index (χ1) is 8.13. The Morgan fingerprint density at radius 3 is 2.53 bits per heavy atom. The van der Waals surface area contributed by atoms with Crippen molar-refractivity contribution >= 4 is 23.7 Å². The summed E-state index contributed by atoms with van der Waals surface area (Å²) in [5.74, 6) is -1.27. The molecule has 0 aliphatic heterocycles. The van der Waals surface area contributed by atoms with Gasteiger partial charge in [0.05, 0.1) is 12.9 Å². The van der Waals surface area contributed by atoms with E-state index in [1.165, 1.54) is 7.11 Å². The predicted octanol–water partition coefficient (Wildman–Crippen LogP) is 1.59. The van der Waals surface area contributed by atoms with Crippen LogP contribution in [0.4, 0.5) is 0 Å². The Labute approximate surface area is 104 Å². The van der Waals surface area contributed by atoms with Crippen molar-refractivity contribution in [1.82, 2.24) is 0 Å². The average Bonchev–Trinajstić information content (AvgIpc) is 2.34. The van der Waals surface area contributed by atoms with Crippen LogP contribution < -0.4 is 0 Å². The molecule has 0 bridgehead atoms. The first-order valence-corrected chi connectivity index (χ1v) is 6.13. The van der Waals surface area contributed by atoms with Crippen molar-refractivity contribution < 1.29 is 19.4 Å². The van der Waals surface area contributed by atoms with E-state index in [-0.39, 0.29) is 5.75 Å². The average molecular weight is 254 g/mol. The lowest BCUT2D eigenvalue weighted by Gasteiger charge is -2.11. The molecule has 4 nitrogen and oxygen atoms in total. The van der Waals surface area contributed by atoms with E-state index < -0.39 is 17.2 Å². The number of benzene rings is 1. The molecule has 1 atom stereocenters. The van der Waals surface area contributed by atoms with E-state index >= 15 is 0 Å². The van der Waals surface area contributed by atoms with E-state index in [9.17, 15) is 9.59 Å². The molecule has 92 valence electrons. The van der Waals surface area contributed by atoms with Gasteiger partial charge in [-0.3, -0.25) is 9.59 Å². The van der Waals surface area contributed by atoms with E-state index in [4.69, 9.17) is 5.11 Å². The number of aliphatic carboxylic acids is 1. The van der Waals surface area contributed by atoms with Crippen LogP contribution >= 0.6 is 11.8 Å². The third-order valence-corrected chi connectivity index (χ3v) is 3.34. The molecule has 5 heteroatoms. The molecular formula is C12H14O4S. The van der Waals surface area contributed by atoms with Gasteiger partial charge in [-0.1, -0.05) is 30.3 Å². The molecule has 0 amide bonds. The Kier molecular flexibility index (Phi) is 5.56. The highest BCUT2D eigenvalue weighted by atomic mass is 32.2. The van der Waals surface area contributed by atoms with Crippen molar-refractivity contribution in [3.05, 3.63) is 35.9 Å². The van der Waals surface area contributed by atoms with E-state index in [1.807, 2.05) is 30.3 Å². The third-order valence-electron chi connectivity index (χ3n) is 2.17. The Bertz CT molecular complexity index is 377. The molecule has 17 heavy (non-hydrogen) atoms. The van der Waals surface area contributed by atoms with Gasteiger partial charge in [-0.05, 0) is 12.0 Å². The van der Waals surface area contributed by atoms with E-state index in [1.54, 1.807) is 0 Å². The molecule has 1 aromatic rings. The molecule has 0 fully saturated rings. The summed E-state index contributed by atoms with van der Waals surface area (Å²) in [6, 6.07) is 9.34. The van der Waals surface area contributed by atoms with Crippen molar-refractivity contribution in [1.29, 1.82) is 0 Å². The van der Waals surface area contributed by atoms with Crippen molar-refractivity contribution in [2.45, 2.75) is 11.7 Å². The highest BCUT2D eigenvalue weighted by molar-refractivity contribution is 8.01. The second-order valence-electron chi connectivity index (χ2n) is 3.40. The van der Waals surface area contributed by atoms with Crippen molar-refractivity contribution in [3.63, 3.8) is 0 Å². The molecule has 0 spiro atoms. The minimum Gasteiger partial charge on any atom is -0.480 e. The minimum absolute atomic E-state index is 0.0559. The second kappa shape index (κ2) is 6.96. The fraction of sp³-hybridized carbons (Fsp3) is 0.333. The number of carbonyl (C=O) groups is 2. The van der Waals surface area contributed by atoms with Gasteiger partial charge in [0.15, 0.2) is 0 Å². The molecule has 1 rings (SSSR count). The topological polar surface area (TPSA) is 63.6 Å². The van der Waals surface area contributed by atoms with E-state index in [0.717, 1.165) is 17.3 Å². The quantitative estimate of drug-likeness (QED) is 0.781. The first kappa shape index (κ1) is 13.6. The highest BCUT2D eigenvalue weighted by Crippen LogP contribution is 2.17. The van der Waals surface area contributed by atoms with Gasteiger partial charge in [0.1, 0.15) is 5.25 Å². The molecule has 1 unspecified atom stereocenters. The van der Waals surface area contributed by atoms with Gasteiger partial charge in [-0.15, -0.1) is 11.8 Å². The molecule has 0 heterocycles. The van der Waals surface area contributed by atoms with E-state index in [0.29, 0.717) is 6.42 Å². The Balaban J connectivity index is 2.55. The fourth-order valence-corrected chi connectivity index (χ4v) is 2.18. The second-order valence-corrected chi connectivity index (χ2v) is 4.59. The summed E-state index contributed by atoms with van der Waals surface area (Å²) in [5, 5.41) is 8.42. The number of thioether (sulfide) groups is 1. The zero-order valence-electron chi connectivity index (χ0n) is 9.46.